The molecule has 0 spiro atoms. The molecule has 1 aliphatic rings. The Kier molecular flexibility index (Phi) is 4.11. The molecule has 1 rings (SSSR count). The molecule has 1 fully saturated rings. The highest BCUT2D eigenvalue weighted by Crippen LogP contribution is 2.20. The maximum atomic E-state index is 11.2. The van der Waals surface area contributed by atoms with Gasteiger partial charge in [0, 0.05) is 19.0 Å². The summed E-state index contributed by atoms with van der Waals surface area (Å²) in [4.78, 5) is 23.9. The maximum absolute atomic E-state index is 11.2. The number of halogens is 1. The van der Waals surface area contributed by atoms with Crippen LogP contribution < -0.4 is 5.73 Å². The highest BCUT2D eigenvalue weighted by molar-refractivity contribution is 14.1. The van der Waals surface area contributed by atoms with Gasteiger partial charge in [0.05, 0.1) is 6.54 Å². The third-order valence-corrected chi connectivity index (χ3v) is 3.22. The number of nitrogens with two attached hydrogens (primary N) is 1. The van der Waals surface area contributed by atoms with E-state index in [0.29, 0.717) is 13.1 Å². The van der Waals surface area contributed by atoms with Gasteiger partial charge in [-0.1, -0.05) is 0 Å². The van der Waals surface area contributed by atoms with E-state index < -0.39 is 0 Å². The second-order valence-electron chi connectivity index (χ2n) is 3.16. The maximum Gasteiger partial charge on any atom is 0.236 e. The minimum absolute atomic E-state index is 0.0145. The Morgan fingerprint density at radius 1 is 1.38 bits per heavy atom. The molecule has 0 aromatic carbocycles. The van der Waals surface area contributed by atoms with E-state index in [-0.39, 0.29) is 22.2 Å². The van der Waals surface area contributed by atoms with E-state index in [1.54, 1.807) is 4.90 Å². The van der Waals surface area contributed by atoms with Gasteiger partial charge in [0.15, 0.2) is 3.79 Å². The number of hydrogen-bond acceptors (Lipinski definition) is 3. The summed E-state index contributed by atoms with van der Waals surface area (Å²) in [7, 11) is 0. The van der Waals surface area contributed by atoms with E-state index in [2.05, 4.69) is 0 Å². The van der Waals surface area contributed by atoms with Gasteiger partial charge in [-0.2, -0.15) is 0 Å². The van der Waals surface area contributed by atoms with Crippen molar-refractivity contribution in [2.45, 2.75) is 12.8 Å². The van der Waals surface area contributed by atoms with Gasteiger partial charge in [0.2, 0.25) is 5.91 Å². The van der Waals surface area contributed by atoms with Crippen LogP contribution in [0.15, 0.2) is 0 Å². The fraction of sp³-hybridized carbons (Fsp3) is 0.750. The Balaban J connectivity index is 2.39. The summed E-state index contributed by atoms with van der Waals surface area (Å²) in [6, 6.07) is 0. The number of nitrogens with zero attached hydrogens (tertiary/aromatic N) is 1. The first-order valence-electron chi connectivity index (χ1n) is 4.32. The van der Waals surface area contributed by atoms with Crippen LogP contribution in [0.2, 0.25) is 0 Å². The van der Waals surface area contributed by atoms with Crippen LogP contribution in [0.3, 0.4) is 0 Å². The number of carbonyl (C=O) groups excluding carboxylic acids is 2. The number of hydrogen-bond donors (Lipinski definition) is 1. The molecule has 0 atom stereocenters. The lowest BCUT2D eigenvalue weighted by Gasteiger charge is -2.30. The fourth-order valence-electron chi connectivity index (χ4n) is 1.48. The minimum atomic E-state index is -0.0145. The molecule has 0 saturated carbocycles. The van der Waals surface area contributed by atoms with E-state index in [1.165, 1.54) is 0 Å². The molecule has 0 bridgehead atoms. The van der Waals surface area contributed by atoms with Gasteiger partial charge in [-0.05, 0) is 35.4 Å². The normalized spacial score (nSPS) is 18.8. The van der Waals surface area contributed by atoms with Gasteiger partial charge >= 0.3 is 0 Å². The molecule has 1 amide bonds. The van der Waals surface area contributed by atoms with Crippen molar-refractivity contribution in [3.05, 3.63) is 0 Å². The molecule has 74 valence electrons. The fourth-order valence-corrected chi connectivity index (χ4v) is 2.11. The number of amides is 1. The van der Waals surface area contributed by atoms with E-state index >= 15 is 0 Å². The van der Waals surface area contributed by atoms with Gasteiger partial charge in [-0.15, -0.1) is 0 Å². The highest BCUT2D eigenvalue weighted by Gasteiger charge is 2.24. The molecule has 5 heteroatoms. The molecular weight excluding hydrogens is 283 g/mol. The molecule has 0 aromatic heterocycles. The predicted octanol–water partition coefficient (Wildman–Crippen LogP) is 0.145. The Labute approximate surface area is 91.0 Å². The van der Waals surface area contributed by atoms with Crippen molar-refractivity contribution < 1.29 is 9.59 Å². The molecule has 4 nitrogen and oxygen atoms in total. The second-order valence-corrected chi connectivity index (χ2v) is 4.23. The van der Waals surface area contributed by atoms with Gasteiger partial charge in [-0.3, -0.25) is 9.59 Å². The molecule has 1 saturated heterocycles. The standard InChI is InChI=1S/C8H13IN2O2/c9-8(13)6-1-3-11(4-2-6)7(12)5-10/h6H,1-5,10H2. The average molecular weight is 296 g/mol. The molecule has 1 heterocycles. The Hall–Kier alpha value is -0.170. The van der Waals surface area contributed by atoms with Crippen molar-refractivity contribution in [3.8, 4) is 0 Å². The molecule has 13 heavy (non-hydrogen) atoms. The summed E-state index contributed by atoms with van der Waals surface area (Å²) >= 11 is 1.83. The van der Waals surface area contributed by atoms with Crippen molar-refractivity contribution in [1.82, 2.24) is 4.90 Å². The smallest absolute Gasteiger partial charge is 0.236 e. The highest BCUT2D eigenvalue weighted by atomic mass is 127. The van der Waals surface area contributed by atoms with Crippen molar-refractivity contribution in [2.75, 3.05) is 19.6 Å². The number of likely N-dealkylation sites (tertiary alicyclic amines) is 1. The Morgan fingerprint density at radius 3 is 2.31 bits per heavy atom. The van der Waals surface area contributed by atoms with E-state index in [0.717, 1.165) is 12.8 Å². The topological polar surface area (TPSA) is 63.4 Å². The SMILES string of the molecule is NCC(=O)N1CCC(C(=O)I)CC1. The van der Waals surface area contributed by atoms with Gasteiger partial charge < -0.3 is 10.6 Å². The monoisotopic (exact) mass is 296 g/mol. The van der Waals surface area contributed by atoms with Crippen molar-refractivity contribution >= 4 is 32.3 Å². The Bertz CT molecular complexity index is 212. The van der Waals surface area contributed by atoms with Gasteiger partial charge in [0.1, 0.15) is 0 Å². The lowest BCUT2D eigenvalue weighted by molar-refractivity contribution is -0.132. The summed E-state index contributed by atoms with van der Waals surface area (Å²) < 4.78 is 0.206. The van der Waals surface area contributed by atoms with Crippen molar-refractivity contribution in [3.63, 3.8) is 0 Å². The lowest BCUT2D eigenvalue weighted by Crippen LogP contribution is -2.42. The second kappa shape index (κ2) is 4.90. The summed E-state index contributed by atoms with van der Waals surface area (Å²) in [6.45, 7) is 1.42. The molecule has 0 radical (unpaired) electrons. The number of rotatable bonds is 2. The van der Waals surface area contributed by atoms with Crippen LogP contribution in [0, 0.1) is 5.92 Å². The van der Waals surface area contributed by atoms with Crippen LogP contribution in [0.25, 0.3) is 0 Å². The van der Waals surface area contributed by atoms with E-state index in [1.807, 2.05) is 22.6 Å². The molecule has 0 aromatic rings. The van der Waals surface area contributed by atoms with Crippen molar-refractivity contribution in [1.29, 1.82) is 0 Å². The van der Waals surface area contributed by atoms with Crippen LogP contribution in [-0.2, 0) is 9.59 Å². The zero-order valence-electron chi connectivity index (χ0n) is 7.33. The van der Waals surface area contributed by atoms with Crippen LogP contribution in [0.1, 0.15) is 12.8 Å². The van der Waals surface area contributed by atoms with Gasteiger partial charge in [-0.25, -0.2) is 0 Å². The van der Waals surface area contributed by atoms with Gasteiger partial charge in [0.25, 0.3) is 0 Å². The van der Waals surface area contributed by atoms with Crippen molar-refractivity contribution in [2.24, 2.45) is 11.7 Å². The summed E-state index contributed by atoms with van der Waals surface area (Å²) in [5.74, 6) is 0.127. The molecular formula is C8H13IN2O2. The van der Waals surface area contributed by atoms with Crippen LogP contribution in [-0.4, -0.2) is 34.2 Å². The third-order valence-electron chi connectivity index (χ3n) is 2.34. The number of piperidine rings is 1. The summed E-state index contributed by atoms with van der Waals surface area (Å²) in [5, 5.41) is 0. The molecule has 1 aliphatic heterocycles. The first-order chi connectivity index (χ1) is 6.15. The quantitative estimate of drug-likeness (QED) is 0.582. The lowest BCUT2D eigenvalue weighted by atomic mass is 9.98. The molecule has 2 N–H and O–H groups in total. The average Bonchev–Trinajstić information content (AvgIpc) is 2.17. The summed E-state index contributed by atoms with van der Waals surface area (Å²) in [5.41, 5.74) is 5.24. The molecule has 0 unspecified atom stereocenters. The van der Waals surface area contributed by atoms with E-state index in [9.17, 15) is 9.59 Å². The minimum Gasteiger partial charge on any atom is -0.342 e. The Morgan fingerprint density at radius 2 is 1.92 bits per heavy atom. The molecule has 0 aliphatic carbocycles. The summed E-state index contributed by atoms with van der Waals surface area (Å²) in [6.07, 6.45) is 1.57. The number of carbonyl (C=O) groups is 2. The zero-order valence-corrected chi connectivity index (χ0v) is 9.49. The predicted molar refractivity (Wildman–Crippen MR) is 57.4 cm³/mol. The van der Waals surface area contributed by atoms with Crippen LogP contribution in [0.4, 0.5) is 0 Å². The first-order valence-corrected chi connectivity index (χ1v) is 5.40. The largest absolute Gasteiger partial charge is 0.342 e. The zero-order chi connectivity index (χ0) is 9.84. The van der Waals surface area contributed by atoms with Crippen LogP contribution in [0.5, 0.6) is 0 Å². The van der Waals surface area contributed by atoms with Crippen LogP contribution >= 0.6 is 22.6 Å². The van der Waals surface area contributed by atoms with E-state index in [4.69, 9.17) is 5.73 Å². The first kappa shape index (κ1) is 10.9. The third kappa shape index (κ3) is 2.91.